The second-order valence-electron chi connectivity index (χ2n) is 5.01. The number of urea groups is 1. The molecule has 0 aromatic carbocycles. The van der Waals surface area contributed by atoms with Crippen LogP contribution in [0.4, 0.5) is 4.79 Å². The van der Waals surface area contributed by atoms with Crippen molar-refractivity contribution in [3.05, 3.63) is 0 Å². The van der Waals surface area contributed by atoms with E-state index in [0.717, 1.165) is 57.9 Å². The van der Waals surface area contributed by atoms with Crippen molar-refractivity contribution in [2.24, 2.45) is 5.92 Å². The summed E-state index contributed by atoms with van der Waals surface area (Å²) in [6.45, 7) is 5.64. The number of likely N-dealkylation sites (tertiary alicyclic amines) is 1. The smallest absolute Gasteiger partial charge is 0.317 e. The molecule has 0 aliphatic carbocycles. The zero-order chi connectivity index (χ0) is 11.4. The molecule has 2 rings (SSSR count). The molecule has 0 unspecified atom stereocenters. The highest BCUT2D eigenvalue weighted by molar-refractivity contribution is 5.74. The second kappa shape index (κ2) is 5.53. The number of carbonyl (C=O) groups excluding carboxylic acids is 1. The SMILES string of the molecule is CC1CCN(C(=O)NC2CCOCC2)CC1. The minimum absolute atomic E-state index is 0.124. The van der Waals surface area contributed by atoms with Gasteiger partial charge in [-0.15, -0.1) is 0 Å². The molecule has 2 aliphatic rings. The molecule has 2 saturated heterocycles. The molecular weight excluding hydrogens is 204 g/mol. The van der Waals surface area contributed by atoms with Crippen LogP contribution in [-0.2, 0) is 4.74 Å². The molecule has 4 heteroatoms. The number of nitrogens with one attached hydrogen (secondary N) is 1. The first-order valence-corrected chi connectivity index (χ1v) is 6.39. The van der Waals surface area contributed by atoms with E-state index >= 15 is 0 Å². The summed E-state index contributed by atoms with van der Waals surface area (Å²) in [5.41, 5.74) is 0. The van der Waals surface area contributed by atoms with Gasteiger partial charge in [-0.05, 0) is 31.6 Å². The van der Waals surface area contributed by atoms with E-state index in [2.05, 4.69) is 12.2 Å². The molecule has 2 fully saturated rings. The van der Waals surface area contributed by atoms with Gasteiger partial charge in [0.2, 0.25) is 0 Å². The van der Waals surface area contributed by atoms with E-state index in [4.69, 9.17) is 4.74 Å². The van der Waals surface area contributed by atoms with Gasteiger partial charge in [-0.25, -0.2) is 4.79 Å². The van der Waals surface area contributed by atoms with Gasteiger partial charge in [0.15, 0.2) is 0 Å². The highest BCUT2D eigenvalue weighted by Gasteiger charge is 2.23. The Kier molecular flexibility index (Phi) is 4.04. The number of carbonyl (C=O) groups is 1. The van der Waals surface area contributed by atoms with E-state index in [-0.39, 0.29) is 6.03 Å². The lowest BCUT2D eigenvalue weighted by molar-refractivity contribution is 0.0772. The zero-order valence-corrected chi connectivity index (χ0v) is 10.1. The molecule has 1 N–H and O–H groups in total. The first kappa shape index (κ1) is 11.7. The molecule has 2 amide bonds. The normalized spacial score (nSPS) is 24.4. The Balaban J connectivity index is 1.74. The largest absolute Gasteiger partial charge is 0.381 e. The molecular formula is C12H22N2O2. The molecule has 0 spiro atoms. The van der Waals surface area contributed by atoms with Gasteiger partial charge in [-0.3, -0.25) is 0 Å². The Labute approximate surface area is 97.3 Å². The summed E-state index contributed by atoms with van der Waals surface area (Å²) < 4.78 is 5.28. The number of piperidine rings is 1. The van der Waals surface area contributed by atoms with Crippen molar-refractivity contribution in [3.8, 4) is 0 Å². The summed E-state index contributed by atoms with van der Waals surface area (Å²) >= 11 is 0. The highest BCUT2D eigenvalue weighted by atomic mass is 16.5. The van der Waals surface area contributed by atoms with Crippen LogP contribution in [0.1, 0.15) is 32.6 Å². The monoisotopic (exact) mass is 226 g/mol. The van der Waals surface area contributed by atoms with E-state index in [9.17, 15) is 4.79 Å². The molecule has 4 nitrogen and oxygen atoms in total. The number of amides is 2. The maximum Gasteiger partial charge on any atom is 0.317 e. The molecule has 0 aromatic heterocycles. The first-order chi connectivity index (χ1) is 7.75. The van der Waals surface area contributed by atoms with Crippen LogP contribution in [0, 0.1) is 5.92 Å². The van der Waals surface area contributed by atoms with Crippen LogP contribution in [0.5, 0.6) is 0 Å². The van der Waals surface area contributed by atoms with Crippen LogP contribution in [0.2, 0.25) is 0 Å². The van der Waals surface area contributed by atoms with Crippen LogP contribution in [0.25, 0.3) is 0 Å². The molecule has 2 aliphatic heterocycles. The Hall–Kier alpha value is -0.770. The highest BCUT2D eigenvalue weighted by Crippen LogP contribution is 2.16. The lowest BCUT2D eigenvalue weighted by Crippen LogP contribution is -2.49. The fourth-order valence-electron chi connectivity index (χ4n) is 2.32. The fraction of sp³-hybridized carbons (Fsp3) is 0.917. The minimum Gasteiger partial charge on any atom is -0.381 e. The fourth-order valence-corrected chi connectivity index (χ4v) is 2.32. The zero-order valence-electron chi connectivity index (χ0n) is 10.1. The van der Waals surface area contributed by atoms with Crippen LogP contribution in [-0.4, -0.2) is 43.3 Å². The third-order valence-corrected chi connectivity index (χ3v) is 3.62. The first-order valence-electron chi connectivity index (χ1n) is 6.39. The van der Waals surface area contributed by atoms with E-state index in [1.165, 1.54) is 0 Å². The molecule has 0 bridgehead atoms. The predicted octanol–water partition coefficient (Wildman–Crippen LogP) is 1.61. The van der Waals surface area contributed by atoms with Crippen molar-refractivity contribution in [2.75, 3.05) is 26.3 Å². The standard InChI is InChI=1S/C12H22N2O2/c1-10-2-6-14(7-3-10)12(15)13-11-4-8-16-9-5-11/h10-11H,2-9H2,1H3,(H,13,15). The summed E-state index contributed by atoms with van der Waals surface area (Å²) in [6, 6.07) is 0.444. The molecule has 0 radical (unpaired) electrons. The van der Waals surface area contributed by atoms with Crippen molar-refractivity contribution in [1.82, 2.24) is 10.2 Å². The molecule has 92 valence electrons. The quantitative estimate of drug-likeness (QED) is 0.738. The molecule has 0 saturated carbocycles. The summed E-state index contributed by atoms with van der Waals surface area (Å²) in [7, 11) is 0. The van der Waals surface area contributed by atoms with E-state index in [1.54, 1.807) is 0 Å². The van der Waals surface area contributed by atoms with Crippen molar-refractivity contribution in [1.29, 1.82) is 0 Å². The number of ether oxygens (including phenoxy) is 1. The van der Waals surface area contributed by atoms with Crippen molar-refractivity contribution >= 4 is 6.03 Å². The van der Waals surface area contributed by atoms with Crippen LogP contribution >= 0.6 is 0 Å². The van der Waals surface area contributed by atoms with Crippen LogP contribution < -0.4 is 5.32 Å². The van der Waals surface area contributed by atoms with Gasteiger partial charge >= 0.3 is 6.03 Å². The number of rotatable bonds is 1. The number of hydrogen-bond donors (Lipinski definition) is 1. The summed E-state index contributed by atoms with van der Waals surface area (Å²) in [5, 5.41) is 3.11. The van der Waals surface area contributed by atoms with Crippen molar-refractivity contribution in [2.45, 2.75) is 38.6 Å². The maximum absolute atomic E-state index is 11.9. The Morgan fingerprint density at radius 1 is 1.19 bits per heavy atom. The Morgan fingerprint density at radius 2 is 1.81 bits per heavy atom. The third-order valence-electron chi connectivity index (χ3n) is 3.62. The van der Waals surface area contributed by atoms with Crippen LogP contribution in [0.3, 0.4) is 0 Å². The van der Waals surface area contributed by atoms with Gasteiger partial charge in [0.1, 0.15) is 0 Å². The lowest BCUT2D eigenvalue weighted by atomic mass is 9.99. The predicted molar refractivity (Wildman–Crippen MR) is 62.3 cm³/mol. The van der Waals surface area contributed by atoms with Gasteiger partial charge in [0.25, 0.3) is 0 Å². The molecule has 0 atom stereocenters. The van der Waals surface area contributed by atoms with Gasteiger partial charge in [-0.1, -0.05) is 6.92 Å². The topological polar surface area (TPSA) is 41.6 Å². The maximum atomic E-state index is 11.9. The Bertz CT molecular complexity index is 231. The third kappa shape index (κ3) is 3.11. The number of hydrogen-bond acceptors (Lipinski definition) is 2. The van der Waals surface area contributed by atoms with Gasteiger partial charge in [0.05, 0.1) is 0 Å². The summed E-state index contributed by atoms with van der Waals surface area (Å²) in [6.07, 6.45) is 4.19. The average Bonchev–Trinajstić information content (AvgIpc) is 2.31. The summed E-state index contributed by atoms with van der Waals surface area (Å²) in [4.78, 5) is 13.9. The van der Waals surface area contributed by atoms with E-state index in [1.807, 2.05) is 4.90 Å². The van der Waals surface area contributed by atoms with E-state index < -0.39 is 0 Å². The minimum atomic E-state index is 0.124. The molecule has 2 heterocycles. The summed E-state index contributed by atoms with van der Waals surface area (Å²) in [5.74, 6) is 0.770. The molecule has 0 aromatic rings. The van der Waals surface area contributed by atoms with E-state index in [0.29, 0.717) is 6.04 Å². The lowest BCUT2D eigenvalue weighted by Gasteiger charge is -2.32. The average molecular weight is 226 g/mol. The van der Waals surface area contributed by atoms with Gasteiger partial charge in [0, 0.05) is 32.3 Å². The Morgan fingerprint density at radius 3 is 2.44 bits per heavy atom. The van der Waals surface area contributed by atoms with Crippen molar-refractivity contribution < 1.29 is 9.53 Å². The van der Waals surface area contributed by atoms with Gasteiger partial charge in [-0.2, -0.15) is 0 Å². The molecule has 16 heavy (non-hydrogen) atoms. The van der Waals surface area contributed by atoms with Gasteiger partial charge < -0.3 is 15.0 Å². The second-order valence-corrected chi connectivity index (χ2v) is 5.01. The number of nitrogens with zero attached hydrogens (tertiary/aromatic N) is 1. The van der Waals surface area contributed by atoms with Crippen molar-refractivity contribution in [3.63, 3.8) is 0 Å². The van der Waals surface area contributed by atoms with Crippen LogP contribution in [0.15, 0.2) is 0 Å².